The van der Waals surface area contributed by atoms with Crippen molar-refractivity contribution in [3.05, 3.63) is 62.1 Å². The molecule has 3 rings (SSSR count). The third-order valence-electron chi connectivity index (χ3n) is 3.35. The topological polar surface area (TPSA) is 67.5 Å². The number of carbonyl (C=O) groups excluding carboxylic acids is 1. The second kappa shape index (κ2) is 5.18. The quantitative estimate of drug-likeness (QED) is 0.595. The lowest BCUT2D eigenvalue weighted by Crippen LogP contribution is -2.16. The smallest absolute Gasteiger partial charge is 0.351 e. The molecule has 21 heavy (non-hydrogen) atoms. The van der Waals surface area contributed by atoms with Gasteiger partial charge in [0.1, 0.15) is 16.9 Å². The van der Waals surface area contributed by atoms with Gasteiger partial charge in [0, 0.05) is 11.3 Å². The highest BCUT2D eigenvalue weighted by Crippen LogP contribution is 2.27. The van der Waals surface area contributed by atoms with Crippen LogP contribution in [-0.2, 0) is 6.42 Å². The summed E-state index contributed by atoms with van der Waals surface area (Å²) in [5.74, 6) is -0.737. The van der Waals surface area contributed by atoms with Crippen LogP contribution in [-0.4, -0.2) is 10.9 Å². The molecule has 0 spiro atoms. The van der Waals surface area contributed by atoms with Gasteiger partial charge in [0.05, 0.1) is 5.39 Å². The van der Waals surface area contributed by atoms with Crippen LogP contribution < -0.4 is 5.63 Å². The van der Waals surface area contributed by atoms with Crippen LogP contribution in [0.5, 0.6) is 5.75 Å². The molecule has 0 fully saturated rings. The Kier molecular flexibility index (Phi) is 3.35. The fourth-order valence-corrected chi connectivity index (χ4v) is 3.10. The lowest BCUT2D eigenvalue weighted by Gasteiger charge is -2.05. The van der Waals surface area contributed by atoms with Crippen LogP contribution in [0.2, 0.25) is 0 Å². The van der Waals surface area contributed by atoms with E-state index in [0.717, 1.165) is 10.4 Å². The molecule has 0 aliphatic carbocycles. The average Bonchev–Trinajstić information content (AvgIpc) is 2.84. The van der Waals surface area contributed by atoms with Crippen molar-refractivity contribution in [3.8, 4) is 5.75 Å². The molecule has 3 aromatic rings. The molecule has 0 atom stereocenters. The Hall–Kier alpha value is -2.40. The number of thiophene rings is 1. The zero-order valence-corrected chi connectivity index (χ0v) is 12.1. The predicted molar refractivity (Wildman–Crippen MR) is 81.2 cm³/mol. The number of hydrogen-bond acceptors (Lipinski definition) is 5. The van der Waals surface area contributed by atoms with E-state index in [2.05, 4.69) is 0 Å². The number of fused-ring (bicyclic) bond motifs is 1. The first-order valence-corrected chi connectivity index (χ1v) is 7.27. The average molecular weight is 300 g/mol. The summed E-state index contributed by atoms with van der Waals surface area (Å²) in [5.41, 5.74) is 0.189. The van der Waals surface area contributed by atoms with Crippen LogP contribution in [0.1, 0.15) is 20.8 Å². The van der Waals surface area contributed by atoms with Crippen molar-refractivity contribution in [2.45, 2.75) is 13.3 Å². The van der Waals surface area contributed by atoms with E-state index >= 15 is 0 Å². The van der Waals surface area contributed by atoms with E-state index in [0.29, 0.717) is 5.39 Å². The van der Waals surface area contributed by atoms with Gasteiger partial charge in [0.15, 0.2) is 5.78 Å². The molecule has 0 aliphatic rings. The van der Waals surface area contributed by atoms with Gasteiger partial charge < -0.3 is 9.52 Å². The Morgan fingerprint density at radius 3 is 2.76 bits per heavy atom. The molecule has 2 aromatic heterocycles. The summed E-state index contributed by atoms with van der Waals surface area (Å²) in [4.78, 5) is 25.2. The maximum atomic E-state index is 12.3. The Bertz CT molecular complexity index is 889. The number of para-hydroxylation sites is 1. The van der Waals surface area contributed by atoms with Crippen LogP contribution in [0.3, 0.4) is 0 Å². The lowest BCUT2D eigenvalue weighted by atomic mass is 10.0. The Labute approximate surface area is 124 Å². The highest BCUT2D eigenvalue weighted by atomic mass is 32.1. The van der Waals surface area contributed by atoms with Crippen LogP contribution >= 0.6 is 11.3 Å². The Balaban J connectivity index is 2.10. The summed E-state index contributed by atoms with van der Waals surface area (Å²) in [6.07, 6.45) is 0.0835. The number of aryl methyl sites for hydroxylation is 1. The van der Waals surface area contributed by atoms with E-state index in [1.54, 1.807) is 24.3 Å². The number of carbonyl (C=O) groups is 1. The van der Waals surface area contributed by atoms with Crippen molar-refractivity contribution in [3.63, 3.8) is 0 Å². The third-order valence-corrected chi connectivity index (χ3v) is 4.38. The molecule has 0 saturated carbocycles. The zero-order chi connectivity index (χ0) is 15.0. The van der Waals surface area contributed by atoms with E-state index < -0.39 is 11.4 Å². The van der Waals surface area contributed by atoms with Gasteiger partial charge in [0.2, 0.25) is 0 Å². The minimum atomic E-state index is -0.801. The highest BCUT2D eigenvalue weighted by molar-refractivity contribution is 7.10. The van der Waals surface area contributed by atoms with Crippen molar-refractivity contribution in [1.29, 1.82) is 0 Å². The summed E-state index contributed by atoms with van der Waals surface area (Å²) in [5, 5.41) is 12.5. The maximum absolute atomic E-state index is 12.3. The molecular formula is C16H12O4S. The van der Waals surface area contributed by atoms with Crippen LogP contribution in [0, 0.1) is 6.92 Å². The fourth-order valence-electron chi connectivity index (χ4n) is 2.20. The normalized spacial score (nSPS) is 10.9. The Morgan fingerprint density at radius 2 is 2.05 bits per heavy atom. The zero-order valence-electron chi connectivity index (χ0n) is 11.3. The van der Waals surface area contributed by atoms with Gasteiger partial charge in [0.25, 0.3) is 0 Å². The molecule has 1 aromatic carbocycles. The molecular weight excluding hydrogens is 288 g/mol. The van der Waals surface area contributed by atoms with Gasteiger partial charge >= 0.3 is 5.63 Å². The minimum absolute atomic E-state index is 0.0835. The SMILES string of the molecule is Cc1ccsc1CC(=O)c1c(O)c2ccccc2oc1=O. The number of hydrogen-bond donors (Lipinski definition) is 1. The van der Waals surface area contributed by atoms with Gasteiger partial charge in [-0.15, -0.1) is 11.3 Å². The van der Waals surface area contributed by atoms with E-state index in [-0.39, 0.29) is 23.3 Å². The van der Waals surface area contributed by atoms with E-state index in [4.69, 9.17) is 4.42 Å². The first-order chi connectivity index (χ1) is 10.1. The Morgan fingerprint density at radius 1 is 1.29 bits per heavy atom. The first kappa shape index (κ1) is 13.6. The van der Waals surface area contributed by atoms with Crippen LogP contribution in [0.15, 0.2) is 44.9 Å². The van der Waals surface area contributed by atoms with Crippen LogP contribution in [0.4, 0.5) is 0 Å². The molecule has 0 bridgehead atoms. The lowest BCUT2D eigenvalue weighted by molar-refractivity contribution is 0.0987. The monoisotopic (exact) mass is 300 g/mol. The molecule has 0 aliphatic heterocycles. The molecule has 0 saturated heterocycles. The van der Waals surface area contributed by atoms with Crippen molar-refractivity contribution >= 4 is 28.1 Å². The number of rotatable bonds is 3. The molecule has 0 radical (unpaired) electrons. The second-order valence-corrected chi connectivity index (χ2v) is 5.74. The number of benzene rings is 1. The summed E-state index contributed by atoms with van der Waals surface area (Å²) < 4.78 is 5.11. The van der Waals surface area contributed by atoms with E-state index in [9.17, 15) is 14.7 Å². The van der Waals surface area contributed by atoms with Gasteiger partial charge in [-0.05, 0) is 36.1 Å². The molecule has 0 unspecified atom stereocenters. The van der Waals surface area contributed by atoms with Crippen LogP contribution in [0.25, 0.3) is 11.0 Å². The van der Waals surface area contributed by atoms with E-state index in [1.165, 1.54) is 11.3 Å². The molecule has 5 heteroatoms. The predicted octanol–water partition coefficient (Wildman–Crippen LogP) is 3.29. The molecule has 106 valence electrons. The van der Waals surface area contributed by atoms with Gasteiger partial charge in [-0.1, -0.05) is 12.1 Å². The summed E-state index contributed by atoms with van der Waals surface area (Å²) in [6.45, 7) is 1.90. The molecule has 1 N–H and O–H groups in total. The molecule has 2 heterocycles. The van der Waals surface area contributed by atoms with E-state index in [1.807, 2.05) is 18.4 Å². The summed E-state index contributed by atoms with van der Waals surface area (Å²) in [7, 11) is 0. The minimum Gasteiger partial charge on any atom is -0.506 e. The van der Waals surface area contributed by atoms with Gasteiger partial charge in [-0.3, -0.25) is 4.79 Å². The highest BCUT2D eigenvalue weighted by Gasteiger charge is 2.21. The number of Topliss-reactive ketones (excluding diaryl/α,β-unsaturated/α-hetero) is 1. The van der Waals surface area contributed by atoms with Crippen molar-refractivity contribution in [1.82, 2.24) is 0 Å². The molecule has 0 amide bonds. The summed E-state index contributed by atoms with van der Waals surface area (Å²) >= 11 is 1.45. The van der Waals surface area contributed by atoms with Crippen molar-refractivity contribution in [2.24, 2.45) is 0 Å². The van der Waals surface area contributed by atoms with Crippen molar-refractivity contribution < 1.29 is 14.3 Å². The maximum Gasteiger partial charge on any atom is 0.351 e. The molecule has 4 nitrogen and oxygen atoms in total. The van der Waals surface area contributed by atoms with Gasteiger partial charge in [-0.2, -0.15) is 0 Å². The second-order valence-electron chi connectivity index (χ2n) is 4.74. The van der Waals surface area contributed by atoms with Gasteiger partial charge in [-0.25, -0.2) is 4.79 Å². The number of aromatic hydroxyl groups is 1. The number of ketones is 1. The standard InChI is InChI=1S/C16H12O4S/c1-9-6-7-21-13(9)8-11(17)14-15(18)10-4-2-3-5-12(10)20-16(14)19/h2-7,18H,8H2,1H3. The largest absolute Gasteiger partial charge is 0.506 e. The summed E-state index contributed by atoms with van der Waals surface area (Å²) in [6, 6.07) is 8.51. The first-order valence-electron chi connectivity index (χ1n) is 6.39. The van der Waals surface area contributed by atoms with Crippen molar-refractivity contribution in [2.75, 3.05) is 0 Å². The fraction of sp³-hybridized carbons (Fsp3) is 0.125. The third kappa shape index (κ3) is 2.36.